The third-order valence-corrected chi connectivity index (χ3v) is 2.76. The Morgan fingerprint density at radius 2 is 2.20 bits per heavy atom. The zero-order valence-corrected chi connectivity index (χ0v) is 9.84. The van der Waals surface area contributed by atoms with E-state index in [1.54, 1.807) is 6.07 Å². The fourth-order valence-corrected chi connectivity index (χ4v) is 1.91. The number of aliphatic carboxylic acids is 1. The van der Waals surface area contributed by atoms with Gasteiger partial charge in [-0.3, -0.25) is 4.79 Å². The van der Waals surface area contributed by atoms with Gasteiger partial charge in [0.25, 0.3) is 0 Å². The van der Waals surface area contributed by atoms with Crippen LogP contribution < -0.4 is 0 Å². The summed E-state index contributed by atoms with van der Waals surface area (Å²) in [4.78, 5) is 10.6. The molecule has 15 heavy (non-hydrogen) atoms. The lowest BCUT2D eigenvalue weighted by molar-refractivity contribution is -0.136. The highest BCUT2D eigenvalue weighted by Crippen LogP contribution is 2.19. The molecule has 0 radical (unpaired) electrons. The molecule has 1 N–H and O–H groups in total. The van der Waals surface area contributed by atoms with Gasteiger partial charge in [-0.15, -0.1) is 0 Å². The van der Waals surface area contributed by atoms with Gasteiger partial charge in [-0.05, 0) is 29.7 Å². The molecule has 1 aromatic carbocycles. The van der Waals surface area contributed by atoms with Crippen LogP contribution in [0.4, 0.5) is 0 Å². The number of halogens is 1. The molecule has 1 aromatic rings. The second kappa shape index (κ2) is 4.94. The Morgan fingerprint density at radius 1 is 1.53 bits per heavy atom. The minimum absolute atomic E-state index is 0.0457. The van der Waals surface area contributed by atoms with Crippen LogP contribution in [-0.2, 0) is 16.5 Å². The molecule has 0 bridgehead atoms. The van der Waals surface area contributed by atoms with E-state index in [4.69, 9.17) is 10.4 Å². The zero-order chi connectivity index (χ0) is 11.4. The normalized spacial score (nSPS) is 9.67. The molecule has 0 amide bonds. The molecule has 0 aliphatic rings. The molecule has 0 unspecified atom stereocenters. The van der Waals surface area contributed by atoms with Gasteiger partial charge >= 0.3 is 5.97 Å². The topological polar surface area (TPSA) is 61.1 Å². The molecule has 78 valence electrons. The highest BCUT2D eigenvalue weighted by Gasteiger charge is 2.09. The highest BCUT2D eigenvalue weighted by molar-refractivity contribution is 9.08. The van der Waals surface area contributed by atoms with Crippen LogP contribution in [0.5, 0.6) is 0 Å². The minimum atomic E-state index is -0.884. The summed E-state index contributed by atoms with van der Waals surface area (Å²) in [6.07, 6.45) is -0.0457. The molecule has 3 nitrogen and oxygen atoms in total. The van der Waals surface area contributed by atoms with Gasteiger partial charge in [-0.1, -0.05) is 22.0 Å². The van der Waals surface area contributed by atoms with Gasteiger partial charge in [-0.2, -0.15) is 5.26 Å². The molecular formula is C11H10BrNO2. The first-order valence-corrected chi connectivity index (χ1v) is 5.51. The summed E-state index contributed by atoms with van der Waals surface area (Å²) in [6, 6.07) is 5.56. The van der Waals surface area contributed by atoms with Crippen molar-refractivity contribution in [1.82, 2.24) is 0 Å². The van der Waals surface area contributed by atoms with Crippen LogP contribution in [0.15, 0.2) is 12.1 Å². The number of carboxylic acid groups (broad SMARTS) is 1. The molecule has 0 aliphatic carbocycles. The van der Waals surface area contributed by atoms with Crippen molar-refractivity contribution in [3.8, 4) is 6.07 Å². The second-order valence-corrected chi connectivity index (χ2v) is 3.81. The first-order chi connectivity index (χ1) is 7.08. The maximum absolute atomic E-state index is 10.6. The van der Waals surface area contributed by atoms with Gasteiger partial charge in [-0.25, -0.2) is 0 Å². The smallest absolute Gasteiger partial charge is 0.307 e. The SMILES string of the molecule is Cc1cc(CBr)c(CC(=O)O)cc1C#N. The average molecular weight is 268 g/mol. The maximum Gasteiger partial charge on any atom is 0.307 e. The van der Waals surface area contributed by atoms with Gasteiger partial charge in [0, 0.05) is 5.33 Å². The number of carbonyl (C=O) groups is 1. The van der Waals surface area contributed by atoms with Crippen molar-refractivity contribution >= 4 is 21.9 Å². The Hall–Kier alpha value is -1.34. The summed E-state index contributed by atoms with van der Waals surface area (Å²) in [6.45, 7) is 1.84. The Kier molecular flexibility index (Phi) is 3.87. The van der Waals surface area contributed by atoms with Gasteiger partial charge in [0.1, 0.15) is 0 Å². The van der Waals surface area contributed by atoms with Crippen LogP contribution in [0.3, 0.4) is 0 Å². The quantitative estimate of drug-likeness (QED) is 0.856. The number of hydrogen-bond donors (Lipinski definition) is 1. The summed E-state index contributed by atoms with van der Waals surface area (Å²) >= 11 is 3.30. The van der Waals surface area contributed by atoms with Crippen molar-refractivity contribution in [2.75, 3.05) is 0 Å². The third kappa shape index (κ3) is 2.80. The van der Waals surface area contributed by atoms with Crippen molar-refractivity contribution in [1.29, 1.82) is 5.26 Å². The van der Waals surface area contributed by atoms with Crippen molar-refractivity contribution in [3.05, 3.63) is 34.4 Å². The molecule has 0 aliphatic heterocycles. The molecule has 0 fully saturated rings. The Labute approximate surface area is 96.5 Å². The van der Waals surface area contributed by atoms with Crippen LogP contribution in [0.1, 0.15) is 22.3 Å². The summed E-state index contributed by atoms with van der Waals surface area (Å²) in [5.74, 6) is -0.884. The van der Waals surface area contributed by atoms with Crippen molar-refractivity contribution in [2.24, 2.45) is 0 Å². The lowest BCUT2D eigenvalue weighted by atomic mass is 9.99. The zero-order valence-electron chi connectivity index (χ0n) is 8.25. The van der Waals surface area contributed by atoms with E-state index in [0.717, 1.165) is 11.1 Å². The molecule has 0 saturated carbocycles. The number of hydrogen-bond acceptors (Lipinski definition) is 2. The number of rotatable bonds is 3. The standard InChI is InChI=1S/C11H10BrNO2/c1-7-2-9(5-12)8(4-11(14)15)3-10(7)6-13/h2-3H,4-5H2,1H3,(H,14,15). The van der Waals surface area contributed by atoms with E-state index >= 15 is 0 Å². The average Bonchev–Trinajstić information content (AvgIpc) is 2.19. The molecule has 4 heteroatoms. The van der Waals surface area contributed by atoms with Gasteiger partial charge < -0.3 is 5.11 Å². The number of nitriles is 1. The van der Waals surface area contributed by atoms with Crippen molar-refractivity contribution in [2.45, 2.75) is 18.7 Å². The van der Waals surface area contributed by atoms with Gasteiger partial charge in [0.2, 0.25) is 0 Å². The third-order valence-electron chi connectivity index (χ3n) is 2.15. The van der Waals surface area contributed by atoms with Crippen LogP contribution in [-0.4, -0.2) is 11.1 Å². The van der Waals surface area contributed by atoms with Crippen LogP contribution in [0, 0.1) is 18.3 Å². The highest BCUT2D eigenvalue weighted by atomic mass is 79.9. The summed E-state index contributed by atoms with van der Waals surface area (Å²) < 4.78 is 0. The number of benzene rings is 1. The molecule has 0 saturated heterocycles. The van der Waals surface area contributed by atoms with Crippen LogP contribution >= 0.6 is 15.9 Å². The summed E-state index contributed by atoms with van der Waals surface area (Å²) in [5, 5.41) is 18.2. The molecular weight excluding hydrogens is 258 g/mol. The van der Waals surface area contributed by atoms with E-state index in [2.05, 4.69) is 22.0 Å². The van der Waals surface area contributed by atoms with E-state index in [1.165, 1.54) is 0 Å². The first kappa shape index (κ1) is 11.7. The molecule has 1 rings (SSSR count). The van der Waals surface area contributed by atoms with Gasteiger partial charge in [0.15, 0.2) is 0 Å². The molecule has 0 heterocycles. The predicted octanol–water partition coefficient (Wildman–Crippen LogP) is 2.39. The molecule has 0 aromatic heterocycles. The predicted molar refractivity (Wildman–Crippen MR) is 59.9 cm³/mol. The maximum atomic E-state index is 10.6. The molecule has 0 spiro atoms. The Balaban J connectivity index is 3.23. The van der Waals surface area contributed by atoms with E-state index in [0.29, 0.717) is 16.5 Å². The number of nitrogens with zero attached hydrogens (tertiary/aromatic N) is 1. The van der Waals surface area contributed by atoms with Crippen LogP contribution in [0.2, 0.25) is 0 Å². The van der Waals surface area contributed by atoms with E-state index in [-0.39, 0.29) is 6.42 Å². The number of aryl methyl sites for hydroxylation is 1. The number of carboxylic acids is 1. The fourth-order valence-electron chi connectivity index (χ4n) is 1.38. The largest absolute Gasteiger partial charge is 0.481 e. The minimum Gasteiger partial charge on any atom is -0.481 e. The lowest BCUT2D eigenvalue weighted by Crippen LogP contribution is -2.04. The Morgan fingerprint density at radius 3 is 2.67 bits per heavy atom. The monoisotopic (exact) mass is 267 g/mol. The van der Waals surface area contributed by atoms with E-state index < -0.39 is 5.97 Å². The fraction of sp³-hybridized carbons (Fsp3) is 0.273. The van der Waals surface area contributed by atoms with Gasteiger partial charge in [0.05, 0.1) is 18.1 Å². The first-order valence-electron chi connectivity index (χ1n) is 4.38. The summed E-state index contributed by atoms with van der Waals surface area (Å²) in [7, 11) is 0. The van der Waals surface area contributed by atoms with Crippen molar-refractivity contribution < 1.29 is 9.90 Å². The van der Waals surface area contributed by atoms with Crippen LogP contribution in [0.25, 0.3) is 0 Å². The molecule has 0 atom stereocenters. The summed E-state index contributed by atoms with van der Waals surface area (Å²) in [5.41, 5.74) is 3.03. The van der Waals surface area contributed by atoms with E-state index in [9.17, 15) is 4.79 Å². The van der Waals surface area contributed by atoms with Crippen molar-refractivity contribution in [3.63, 3.8) is 0 Å². The van der Waals surface area contributed by atoms with E-state index in [1.807, 2.05) is 13.0 Å². The lowest BCUT2D eigenvalue weighted by Gasteiger charge is -2.07. The number of alkyl halides is 1. The Bertz CT molecular complexity index is 435. The second-order valence-electron chi connectivity index (χ2n) is 3.25.